The van der Waals surface area contributed by atoms with Gasteiger partial charge in [0.05, 0.1) is 12.6 Å². The summed E-state index contributed by atoms with van der Waals surface area (Å²) in [4.78, 5) is 30.8. The molecule has 3 amide bonds. The summed E-state index contributed by atoms with van der Waals surface area (Å²) in [6.07, 6.45) is 9.24. The number of nitrogens with zero attached hydrogens (tertiary/aromatic N) is 5. The fourth-order valence-corrected chi connectivity index (χ4v) is 3.57. The van der Waals surface area contributed by atoms with E-state index in [4.69, 9.17) is 0 Å². The van der Waals surface area contributed by atoms with E-state index in [1.807, 2.05) is 40.7 Å². The zero-order valence-corrected chi connectivity index (χ0v) is 21.8. The quantitative estimate of drug-likeness (QED) is 0.483. The highest BCUT2D eigenvalue weighted by molar-refractivity contribution is 5.94. The SMILES string of the molecule is C=C(/C=C\C=C(/C)c1nncn1C(C)CO)NC(=O)c1cc2c(cn1)CCN(C(=O)NCC)C2.CC. The molecule has 0 aromatic carbocycles. The Morgan fingerprint density at radius 2 is 2.06 bits per heavy atom. The van der Waals surface area contributed by atoms with Gasteiger partial charge >= 0.3 is 6.03 Å². The number of nitrogens with one attached hydrogen (secondary N) is 2. The fourth-order valence-electron chi connectivity index (χ4n) is 3.57. The number of amides is 3. The molecule has 0 fully saturated rings. The Labute approximate surface area is 212 Å². The van der Waals surface area contributed by atoms with Gasteiger partial charge < -0.3 is 25.2 Å². The van der Waals surface area contributed by atoms with Crippen LogP contribution in [0.3, 0.4) is 0 Å². The zero-order valence-electron chi connectivity index (χ0n) is 21.8. The first-order valence-electron chi connectivity index (χ1n) is 12.2. The van der Waals surface area contributed by atoms with Crippen molar-refractivity contribution in [3.05, 3.63) is 71.7 Å². The van der Waals surface area contributed by atoms with Crippen molar-refractivity contribution < 1.29 is 14.7 Å². The molecule has 10 heteroatoms. The van der Waals surface area contributed by atoms with Crippen LogP contribution >= 0.6 is 0 Å². The van der Waals surface area contributed by atoms with Crippen LogP contribution in [0.5, 0.6) is 0 Å². The molecule has 3 heterocycles. The van der Waals surface area contributed by atoms with Crippen molar-refractivity contribution in [2.45, 2.75) is 53.6 Å². The Hall–Kier alpha value is -3.79. The predicted molar refractivity (Wildman–Crippen MR) is 140 cm³/mol. The van der Waals surface area contributed by atoms with E-state index in [0.717, 1.165) is 16.7 Å². The highest BCUT2D eigenvalue weighted by atomic mass is 16.3. The first-order valence-corrected chi connectivity index (χ1v) is 12.2. The molecule has 1 atom stereocenters. The number of urea groups is 1. The van der Waals surface area contributed by atoms with Gasteiger partial charge in [-0.25, -0.2) is 4.79 Å². The van der Waals surface area contributed by atoms with Crippen LogP contribution in [0.15, 0.2) is 49.1 Å². The number of aliphatic hydroxyl groups is 1. The second-order valence-corrected chi connectivity index (χ2v) is 8.13. The number of carbonyl (C=O) groups is 2. The monoisotopic (exact) mass is 495 g/mol. The number of fused-ring (bicyclic) bond motifs is 1. The van der Waals surface area contributed by atoms with E-state index in [2.05, 4.69) is 32.4 Å². The minimum Gasteiger partial charge on any atom is -0.394 e. The maximum atomic E-state index is 12.7. The molecule has 194 valence electrons. The molecule has 0 spiro atoms. The van der Waals surface area contributed by atoms with Crippen LogP contribution in [-0.2, 0) is 13.0 Å². The van der Waals surface area contributed by atoms with E-state index < -0.39 is 0 Å². The summed E-state index contributed by atoms with van der Waals surface area (Å²) >= 11 is 0. The van der Waals surface area contributed by atoms with E-state index in [1.165, 1.54) is 0 Å². The maximum absolute atomic E-state index is 12.7. The molecule has 0 bridgehead atoms. The summed E-state index contributed by atoms with van der Waals surface area (Å²) < 4.78 is 1.80. The van der Waals surface area contributed by atoms with Crippen LogP contribution in [0.4, 0.5) is 4.79 Å². The third kappa shape index (κ3) is 7.35. The maximum Gasteiger partial charge on any atom is 0.317 e. The Bertz CT molecular complexity index is 1120. The average molecular weight is 496 g/mol. The second-order valence-electron chi connectivity index (χ2n) is 8.13. The minimum atomic E-state index is -0.371. The number of allylic oxidation sites excluding steroid dienone is 4. The van der Waals surface area contributed by atoms with Gasteiger partial charge in [-0.3, -0.25) is 9.78 Å². The predicted octanol–water partition coefficient (Wildman–Crippen LogP) is 3.24. The molecule has 0 saturated heterocycles. The van der Waals surface area contributed by atoms with Crippen molar-refractivity contribution >= 4 is 17.5 Å². The van der Waals surface area contributed by atoms with Crippen LogP contribution in [0.25, 0.3) is 5.57 Å². The van der Waals surface area contributed by atoms with Gasteiger partial charge in [-0.05, 0) is 56.0 Å². The van der Waals surface area contributed by atoms with Crippen molar-refractivity contribution in [3.63, 3.8) is 0 Å². The van der Waals surface area contributed by atoms with Gasteiger partial charge in [0.15, 0.2) is 5.82 Å². The molecule has 0 radical (unpaired) electrons. The molecule has 1 unspecified atom stereocenters. The van der Waals surface area contributed by atoms with Crippen molar-refractivity contribution in [3.8, 4) is 0 Å². The average Bonchev–Trinajstić information content (AvgIpc) is 3.39. The molecule has 0 aliphatic carbocycles. The molecule has 10 nitrogen and oxygen atoms in total. The Morgan fingerprint density at radius 3 is 2.75 bits per heavy atom. The standard InChI is InChI=1S/C24H31N7O3.C2H6/c1-5-25-24(34)30-10-9-19-12-26-21(11-20(19)13-30)23(33)28-17(3)8-6-7-16(2)22-29-27-15-31(22)18(4)14-32;1-2/h6-8,11-12,15,18,32H,3,5,9-10,13-14H2,1-2,4H3,(H,25,34)(H,28,33);1-2H3/b8-6-,16-7+;. The molecular weight excluding hydrogens is 458 g/mol. The van der Waals surface area contributed by atoms with Crippen molar-refractivity contribution in [1.29, 1.82) is 0 Å². The molecule has 1 aliphatic heterocycles. The lowest BCUT2D eigenvalue weighted by Gasteiger charge is -2.28. The minimum absolute atomic E-state index is 0.0162. The summed E-state index contributed by atoms with van der Waals surface area (Å²) in [6.45, 7) is 15.1. The van der Waals surface area contributed by atoms with E-state index in [1.54, 1.807) is 40.2 Å². The first-order chi connectivity index (χ1) is 17.3. The molecule has 2 aromatic rings. The van der Waals surface area contributed by atoms with Gasteiger partial charge in [-0.1, -0.05) is 32.6 Å². The molecule has 3 rings (SSSR count). The number of carbonyl (C=O) groups excluding carboxylic acids is 2. The molecular formula is C26H37N7O3. The zero-order chi connectivity index (χ0) is 26.7. The largest absolute Gasteiger partial charge is 0.394 e. The van der Waals surface area contributed by atoms with Gasteiger partial charge in [-0.2, -0.15) is 0 Å². The van der Waals surface area contributed by atoms with Crippen molar-refractivity contribution in [1.82, 2.24) is 35.3 Å². The summed E-state index contributed by atoms with van der Waals surface area (Å²) in [7, 11) is 0. The lowest BCUT2D eigenvalue weighted by Crippen LogP contribution is -2.42. The lowest BCUT2D eigenvalue weighted by molar-refractivity contribution is 0.0962. The van der Waals surface area contributed by atoms with E-state index in [-0.39, 0.29) is 30.3 Å². The second kappa shape index (κ2) is 13.9. The molecule has 36 heavy (non-hydrogen) atoms. The summed E-state index contributed by atoms with van der Waals surface area (Å²) in [6, 6.07) is 1.48. The number of rotatable bonds is 8. The number of aliphatic hydroxyl groups excluding tert-OH is 1. The molecule has 0 saturated carbocycles. The molecule has 2 aromatic heterocycles. The number of pyridine rings is 1. The van der Waals surface area contributed by atoms with Crippen LogP contribution in [0.1, 0.15) is 68.1 Å². The fraction of sp³-hybridized carbons (Fsp3) is 0.423. The Morgan fingerprint density at radius 1 is 1.31 bits per heavy atom. The lowest BCUT2D eigenvalue weighted by atomic mass is 10.0. The third-order valence-electron chi connectivity index (χ3n) is 5.53. The summed E-state index contributed by atoms with van der Waals surface area (Å²) in [5.41, 5.74) is 3.48. The molecule has 3 N–H and O–H groups in total. The van der Waals surface area contributed by atoms with Crippen LogP contribution in [0, 0.1) is 0 Å². The first kappa shape index (κ1) is 28.4. The highest BCUT2D eigenvalue weighted by Crippen LogP contribution is 2.19. The number of hydrogen-bond donors (Lipinski definition) is 3. The third-order valence-corrected chi connectivity index (χ3v) is 5.53. The Kier molecular flexibility index (Phi) is 11.0. The molecule has 1 aliphatic rings. The van der Waals surface area contributed by atoms with Crippen molar-refractivity contribution in [2.24, 2.45) is 0 Å². The van der Waals surface area contributed by atoms with E-state index in [9.17, 15) is 14.7 Å². The highest BCUT2D eigenvalue weighted by Gasteiger charge is 2.22. The summed E-state index contributed by atoms with van der Waals surface area (Å²) in [5, 5.41) is 22.9. The van der Waals surface area contributed by atoms with Crippen molar-refractivity contribution in [2.75, 3.05) is 19.7 Å². The van der Waals surface area contributed by atoms with Gasteiger partial charge in [-0.15, -0.1) is 10.2 Å². The normalized spacial score (nSPS) is 13.9. The van der Waals surface area contributed by atoms with Gasteiger partial charge in [0.25, 0.3) is 5.91 Å². The van der Waals surface area contributed by atoms with Crippen LogP contribution < -0.4 is 10.6 Å². The smallest absolute Gasteiger partial charge is 0.317 e. The van der Waals surface area contributed by atoms with Crippen LogP contribution in [-0.4, -0.2) is 61.4 Å². The topological polar surface area (TPSA) is 125 Å². The van der Waals surface area contributed by atoms with E-state index >= 15 is 0 Å². The van der Waals surface area contributed by atoms with Gasteiger partial charge in [0.2, 0.25) is 0 Å². The van der Waals surface area contributed by atoms with Gasteiger partial charge in [0.1, 0.15) is 12.0 Å². The number of aromatic nitrogens is 4. The summed E-state index contributed by atoms with van der Waals surface area (Å²) in [5.74, 6) is 0.283. The van der Waals surface area contributed by atoms with E-state index in [0.29, 0.717) is 37.6 Å². The van der Waals surface area contributed by atoms with Crippen LogP contribution in [0.2, 0.25) is 0 Å². The Balaban J connectivity index is 0.00000222. The number of hydrogen-bond acceptors (Lipinski definition) is 6. The van der Waals surface area contributed by atoms with Gasteiger partial charge in [0, 0.05) is 31.5 Å².